The first-order chi connectivity index (χ1) is 9.18. The Labute approximate surface area is 117 Å². The minimum absolute atomic E-state index is 0.124. The monoisotopic (exact) mass is 281 g/mol. The van der Waals surface area contributed by atoms with Crippen LogP contribution in [0.15, 0.2) is 17.5 Å². The van der Waals surface area contributed by atoms with Gasteiger partial charge >= 0.3 is 11.8 Å². The Kier molecular flexibility index (Phi) is 4.93. The van der Waals surface area contributed by atoms with Crippen molar-refractivity contribution in [3.05, 3.63) is 22.4 Å². The molecule has 1 aliphatic heterocycles. The molecule has 104 valence electrons. The number of amides is 2. The molecule has 2 amide bonds. The summed E-state index contributed by atoms with van der Waals surface area (Å²) in [7, 11) is 0. The molecule has 0 bridgehead atoms. The summed E-state index contributed by atoms with van der Waals surface area (Å²) in [4.78, 5) is 26.7. The molecule has 1 aromatic rings. The molecule has 1 fully saturated rings. The Morgan fingerprint density at radius 1 is 1.42 bits per heavy atom. The highest BCUT2D eigenvalue weighted by atomic mass is 32.1. The van der Waals surface area contributed by atoms with Crippen molar-refractivity contribution in [3.63, 3.8) is 0 Å². The second-order valence-corrected chi connectivity index (χ2v) is 5.59. The van der Waals surface area contributed by atoms with E-state index in [0.717, 1.165) is 24.4 Å². The third-order valence-electron chi connectivity index (χ3n) is 3.14. The second-order valence-electron chi connectivity index (χ2n) is 4.61. The number of hydrogen-bond acceptors (Lipinski definition) is 4. The molecular weight excluding hydrogens is 262 g/mol. The van der Waals surface area contributed by atoms with Crippen molar-refractivity contribution in [2.45, 2.75) is 19.4 Å². The van der Waals surface area contributed by atoms with E-state index in [0.29, 0.717) is 13.1 Å². The van der Waals surface area contributed by atoms with Crippen LogP contribution in [0.1, 0.15) is 24.3 Å². The molecule has 2 rings (SSSR count). The van der Waals surface area contributed by atoms with Gasteiger partial charge in [0.25, 0.3) is 0 Å². The van der Waals surface area contributed by atoms with Gasteiger partial charge in [0, 0.05) is 24.5 Å². The number of carbonyl (C=O) groups is 2. The van der Waals surface area contributed by atoms with Crippen molar-refractivity contribution in [1.29, 1.82) is 0 Å². The molecule has 0 saturated carbocycles. The summed E-state index contributed by atoms with van der Waals surface area (Å²) in [6, 6.07) is 3.77. The maximum Gasteiger partial charge on any atom is 0.311 e. The van der Waals surface area contributed by atoms with E-state index >= 15 is 0 Å². The van der Waals surface area contributed by atoms with Crippen molar-refractivity contribution in [2.75, 3.05) is 26.2 Å². The van der Waals surface area contributed by atoms with Crippen molar-refractivity contribution in [3.8, 4) is 0 Å². The SMILES string of the molecule is CC(NC(=O)C(=O)N1CCCNCC1)c1cccs1. The molecule has 5 nitrogen and oxygen atoms in total. The van der Waals surface area contributed by atoms with E-state index in [9.17, 15) is 9.59 Å². The summed E-state index contributed by atoms with van der Waals surface area (Å²) >= 11 is 1.57. The van der Waals surface area contributed by atoms with E-state index in [2.05, 4.69) is 10.6 Å². The maximum absolute atomic E-state index is 12.0. The van der Waals surface area contributed by atoms with Crippen LogP contribution >= 0.6 is 11.3 Å². The zero-order valence-electron chi connectivity index (χ0n) is 11.0. The van der Waals surface area contributed by atoms with Crippen molar-refractivity contribution in [1.82, 2.24) is 15.5 Å². The molecule has 2 N–H and O–H groups in total. The molecular formula is C13H19N3O2S. The van der Waals surface area contributed by atoms with Crippen LogP contribution in [0.5, 0.6) is 0 Å². The predicted molar refractivity (Wildman–Crippen MR) is 74.9 cm³/mol. The van der Waals surface area contributed by atoms with Crippen LogP contribution in [0.25, 0.3) is 0 Å². The van der Waals surface area contributed by atoms with Crippen LogP contribution < -0.4 is 10.6 Å². The smallest absolute Gasteiger partial charge is 0.311 e. The quantitative estimate of drug-likeness (QED) is 0.786. The number of rotatable bonds is 2. The average Bonchev–Trinajstić information content (AvgIpc) is 2.81. The lowest BCUT2D eigenvalue weighted by molar-refractivity contribution is -0.146. The third-order valence-corrected chi connectivity index (χ3v) is 4.19. The van der Waals surface area contributed by atoms with E-state index in [1.807, 2.05) is 24.4 Å². The number of hydrogen-bond donors (Lipinski definition) is 2. The van der Waals surface area contributed by atoms with E-state index < -0.39 is 11.8 Å². The summed E-state index contributed by atoms with van der Waals surface area (Å²) in [5, 5.41) is 7.93. The first-order valence-electron chi connectivity index (χ1n) is 6.52. The van der Waals surface area contributed by atoms with Gasteiger partial charge in [-0.15, -0.1) is 11.3 Å². The number of carbonyl (C=O) groups excluding carboxylic acids is 2. The lowest BCUT2D eigenvalue weighted by Crippen LogP contribution is -2.44. The standard InChI is InChI=1S/C13H19N3O2S/c1-10(11-4-2-9-19-11)15-12(17)13(18)16-7-3-5-14-6-8-16/h2,4,9-10,14H,3,5-8H2,1H3,(H,15,17). The predicted octanol–water partition coefficient (Wildman–Crippen LogP) is 0.747. The van der Waals surface area contributed by atoms with Gasteiger partial charge in [-0.25, -0.2) is 0 Å². The molecule has 1 saturated heterocycles. The summed E-state index contributed by atoms with van der Waals surface area (Å²) in [5.74, 6) is -0.935. The Bertz CT molecular complexity index is 425. The molecule has 19 heavy (non-hydrogen) atoms. The fourth-order valence-electron chi connectivity index (χ4n) is 2.06. The summed E-state index contributed by atoms with van der Waals surface area (Å²) < 4.78 is 0. The first-order valence-corrected chi connectivity index (χ1v) is 7.40. The van der Waals surface area contributed by atoms with Gasteiger partial charge in [-0.1, -0.05) is 6.07 Å². The van der Waals surface area contributed by atoms with E-state index in [4.69, 9.17) is 0 Å². The molecule has 1 aliphatic rings. The van der Waals surface area contributed by atoms with Gasteiger partial charge in [0.2, 0.25) is 0 Å². The molecule has 1 unspecified atom stereocenters. The lowest BCUT2D eigenvalue weighted by Gasteiger charge is -2.20. The van der Waals surface area contributed by atoms with Crippen LogP contribution in [0.2, 0.25) is 0 Å². The summed E-state index contributed by atoms with van der Waals surface area (Å²) in [5.41, 5.74) is 0. The highest BCUT2D eigenvalue weighted by molar-refractivity contribution is 7.10. The first kappa shape index (κ1) is 14.0. The minimum Gasteiger partial charge on any atom is -0.340 e. The molecule has 2 heterocycles. The summed E-state index contributed by atoms with van der Waals surface area (Å²) in [6.07, 6.45) is 0.888. The lowest BCUT2D eigenvalue weighted by atomic mass is 10.2. The molecule has 6 heteroatoms. The Balaban J connectivity index is 1.89. The van der Waals surface area contributed by atoms with Gasteiger partial charge in [0.15, 0.2) is 0 Å². The largest absolute Gasteiger partial charge is 0.340 e. The summed E-state index contributed by atoms with van der Waals surface area (Å²) in [6.45, 7) is 4.78. The van der Waals surface area contributed by atoms with E-state index in [1.165, 1.54) is 0 Å². The highest BCUT2D eigenvalue weighted by Crippen LogP contribution is 2.17. The van der Waals surface area contributed by atoms with Gasteiger partial charge in [-0.2, -0.15) is 0 Å². The Morgan fingerprint density at radius 2 is 2.26 bits per heavy atom. The number of nitrogens with one attached hydrogen (secondary N) is 2. The van der Waals surface area contributed by atoms with E-state index in [-0.39, 0.29) is 6.04 Å². The fraction of sp³-hybridized carbons (Fsp3) is 0.538. The van der Waals surface area contributed by atoms with Crippen LogP contribution in [-0.4, -0.2) is 42.9 Å². The zero-order chi connectivity index (χ0) is 13.7. The minimum atomic E-state index is -0.511. The molecule has 0 aromatic carbocycles. The fourth-order valence-corrected chi connectivity index (χ4v) is 2.79. The van der Waals surface area contributed by atoms with Crippen molar-refractivity contribution < 1.29 is 9.59 Å². The van der Waals surface area contributed by atoms with Crippen LogP contribution in [0, 0.1) is 0 Å². The van der Waals surface area contributed by atoms with Gasteiger partial charge < -0.3 is 15.5 Å². The van der Waals surface area contributed by atoms with Crippen LogP contribution in [0.3, 0.4) is 0 Å². The maximum atomic E-state index is 12.0. The molecule has 0 radical (unpaired) electrons. The van der Waals surface area contributed by atoms with E-state index in [1.54, 1.807) is 16.2 Å². The molecule has 1 atom stereocenters. The normalized spacial score (nSPS) is 17.6. The Hall–Kier alpha value is -1.40. The third kappa shape index (κ3) is 3.78. The Morgan fingerprint density at radius 3 is 3.00 bits per heavy atom. The van der Waals surface area contributed by atoms with Crippen LogP contribution in [0.4, 0.5) is 0 Å². The van der Waals surface area contributed by atoms with Gasteiger partial charge in [-0.3, -0.25) is 9.59 Å². The van der Waals surface area contributed by atoms with Crippen LogP contribution in [-0.2, 0) is 9.59 Å². The van der Waals surface area contributed by atoms with Gasteiger partial charge in [0.1, 0.15) is 0 Å². The molecule has 0 aliphatic carbocycles. The topological polar surface area (TPSA) is 61.4 Å². The van der Waals surface area contributed by atoms with Crippen molar-refractivity contribution >= 4 is 23.2 Å². The number of nitrogens with zero attached hydrogens (tertiary/aromatic N) is 1. The van der Waals surface area contributed by atoms with Gasteiger partial charge in [-0.05, 0) is 31.3 Å². The molecule has 1 aromatic heterocycles. The van der Waals surface area contributed by atoms with Crippen molar-refractivity contribution in [2.24, 2.45) is 0 Å². The second kappa shape index (κ2) is 6.68. The van der Waals surface area contributed by atoms with Gasteiger partial charge in [0.05, 0.1) is 6.04 Å². The highest BCUT2D eigenvalue weighted by Gasteiger charge is 2.24. The zero-order valence-corrected chi connectivity index (χ0v) is 11.8. The number of thiophene rings is 1. The molecule has 0 spiro atoms. The average molecular weight is 281 g/mol.